The fraction of sp³-hybridized carbons (Fsp3) is 0.368. The van der Waals surface area contributed by atoms with Crippen LogP contribution in [0.15, 0.2) is 34.1 Å². The van der Waals surface area contributed by atoms with Crippen molar-refractivity contribution in [3.8, 4) is 0 Å². The van der Waals surface area contributed by atoms with Crippen LogP contribution >= 0.6 is 0 Å². The molecule has 3 aromatic rings. The van der Waals surface area contributed by atoms with E-state index in [1.165, 1.54) is 10.9 Å². The summed E-state index contributed by atoms with van der Waals surface area (Å²) in [6.45, 7) is 4.04. The van der Waals surface area contributed by atoms with Crippen molar-refractivity contribution in [1.82, 2.24) is 18.7 Å². The van der Waals surface area contributed by atoms with Crippen molar-refractivity contribution >= 4 is 17.1 Å². The van der Waals surface area contributed by atoms with Crippen molar-refractivity contribution in [3.05, 3.63) is 62.1 Å². The molecular formula is C19H22N4O4. The minimum atomic E-state index is -0.438. The lowest BCUT2D eigenvalue weighted by molar-refractivity contribution is 0.0494. The molecule has 0 atom stereocenters. The van der Waals surface area contributed by atoms with Gasteiger partial charge in [0.1, 0.15) is 0 Å². The van der Waals surface area contributed by atoms with E-state index < -0.39 is 17.2 Å². The minimum absolute atomic E-state index is 0.116. The first-order valence-corrected chi connectivity index (χ1v) is 8.66. The molecule has 3 rings (SSSR count). The van der Waals surface area contributed by atoms with E-state index >= 15 is 0 Å². The quantitative estimate of drug-likeness (QED) is 0.499. The highest BCUT2D eigenvalue weighted by Crippen LogP contribution is 2.12. The number of hydrogen-bond donors (Lipinski definition) is 0. The number of benzene rings is 1. The van der Waals surface area contributed by atoms with Crippen LogP contribution in [0.2, 0.25) is 0 Å². The lowest BCUT2D eigenvalue weighted by Crippen LogP contribution is -2.39. The smallest absolute Gasteiger partial charge is 0.338 e. The summed E-state index contributed by atoms with van der Waals surface area (Å²) in [7, 11) is 3.28. The first-order valence-electron chi connectivity index (χ1n) is 8.66. The molecule has 0 unspecified atom stereocenters. The van der Waals surface area contributed by atoms with Gasteiger partial charge in [0.25, 0.3) is 5.56 Å². The van der Waals surface area contributed by atoms with E-state index in [0.29, 0.717) is 23.1 Å². The summed E-state index contributed by atoms with van der Waals surface area (Å²) in [5.41, 5.74) is 2.24. The van der Waals surface area contributed by atoms with Crippen molar-refractivity contribution in [2.24, 2.45) is 14.1 Å². The maximum absolute atomic E-state index is 12.6. The van der Waals surface area contributed by atoms with Gasteiger partial charge in [-0.1, -0.05) is 17.7 Å². The molecular weight excluding hydrogens is 348 g/mol. The molecule has 142 valence electrons. The van der Waals surface area contributed by atoms with Gasteiger partial charge in [0.15, 0.2) is 11.2 Å². The van der Waals surface area contributed by atoms with E-state index in [2.05, 4.69) is 4.98 Å². The Bertz CT molecular complexity index is 1140. The fourth-order valence-electron chi connectivity index (χ4n) is 3.01. The number of fused-ring (bicyclic) bond motifs is 1. The molecule has 8 heteroatoms. The molecule has 2 aromatic heterocycles. The van der Waals surface area contributed by atoms with E-state index in [1.807, 2.05) is 26.0 Å². The van der Waals surface area contributed by atoms with Crippen LogP contribution in [0.1, 0.15) is 27.9 Å². The predicted octanol–water partition coefficient (Wildman–Crippen LogP) is 1.30. The monoisotopic (exact) mass is 370 g/mol. The highest BCUT2D eigenvalue weighted by atomic mass is 16.5. The van der Waals surface area contributed by atoms with Crippen LogP contribution in [0.4, 0.5) is 0 Å². The third kappa shape index (κ3) is 3.42. The zero-order chi connectivity index (χ0) is 19.7. The second kappa shape index (κ2) is 7.22. The van der Waals surface area contributed by atoms with Crippen LogP contribution in [0.5, 0.6) is 0 Å². The number of carbonyl (C=O) groups excluding carboxylic acids is 1. The van der Waals surface area contributed by atoms with Crippen LogP contribution in [0.3, 0.4) is 0 Å². The van der Waals surface area contributed by atoms with Crippen molar-refractivity contribution in [2.45, 2.75) is 26.8 Å². The number of esters is 1. The molecule has 1 aromatic carbocycles. The SMILES string of the molecule is Cc1ccc(C)c(C(=O)OCCCn2c(=O)c3c(ncn3C)n(C)c2=O)c1. The van der Waals surface area contributed by atoms with Crippen LogP contribution in [-0.4, -0.2) is 31.3 Å². The summed E-state index contributed by atoms with van der Waals surface area (Å²) in [5, 5.41) is 0. The van der Waals surface area contributed by atoms with E-state index in [0.717, 1.165) is 15.7 Å². The van der Waals surface area contributed by atoms with Gasteiger partial charge in [-0.05, 0) is 31.9 Å². The van der Waals surface area contributed by atoms with E-state index in [9.17, 15) is 14.4 Å². The standard InChI is InChI=1S/C19H22N4O4/c1-12-6-7-13(2)14(10-12)18(25)27-9-5-8-23-17(24)15-16(20-11-21(15)3)22(4)19(23)26/h6-7,10-11H,5,8-9H2,1-4H3. The van der Waals surface area contributed by atoms with Gasteiger partial charge < -0.3 is 9.30 Å². The Labute approximate surface area is 155 Å². The summed E-state index contributed by atoms with van der Waals surface area (Å²) in [4.78, 5) is 41.3. The van der Waals surface area contributed by atoms with E-state index in [4.69, 9.17) is 4.74 Å². The molecule has 0 amide bonds. The summed E-state index contributed by atoms with van der Waals surface area (Å²) in [6, 6.07) is 5.59. The molecule has 27 heavy (non-hydrogen) atoms. The maximum atomic E-state index is 12.6. The van der Waals surface area contributed by atoms with E-state index in [1.54, 1.807) is 24.7 Å². The van der Waals surface area contributed by atoms with Gasteiger partial charge in [-0.2, -0.15) is 0 Å². The second-order valence-corrected chi connectivity index (χ2v) is 6.63. The number of carbonyl (C=O) groups is 1. The van der Waals surface area contributed by atoms with Gasteiger partial charge >= 0.3 is 11.7 Å². The summed E-state index contributed by atoms with van der Waals surface area (Å²) < 4.78 is 9.40. The second-order valence-electron chi connectivity index (χ2n) is 6.63. The molecule has 2 heterocycles. The Hall–Kier alpha value is -3.16. The van der Waals surface area contributed by atoms with Gasteiger partial charge in [0.2, 0.25) is 0 Å². The molecule has 0 aliphatic carbocycles. The van der Waals surface area contributed by atoms with Crippen molar-refractivity contribution < 1.29 is 9.53 Å². The van der Waals surface area contributed by atoms with Gasteiger partial charge in [0.05, 0.1) is 18.5 Å². The maximum Gasteiger partial charge on any atom is 0.338 e. The lowest BCUT2D eigenvalue weighted by atomic mass is 10.1. The summed E-state index contributed by atoms with van der Waals surface area (Å²) >= 11 is 0. The number of rotatable bonds is 5. The minimum Gasteiger partial charge on any atom is -0.462 e. The fourth-order valence-corrected chi connectivity index (χ4v) is 3.01. The molecule has 0 spiro atoms. The topological polar surface area (TPSA) is 88.1 Å². The number of imidazole rings is 1. The highest BCUT2D eigenvalue weighted by molar-refractivity contribution is 5.91. The Balaban J connectivity index is 1.72. The number of aryl methyl sites for hydroxylation is 4. The molecule has 0 radical (unpaired) electrons. The van der Waals surface area contributed by atoms with Crippen LogP contribution in [-0.2, 0) is 25.4 Å². The average Bonchev–Trinajstić information content (AvgIpc) is 3.03. The van der Waals surface area contributed by atoms with E-state index in [-0.39, 0.29) is 13.2 Å². The number of hydrogen-bond acceptors (Lipinski definition) is 5. The Morgan fingerprint density at radius 3 is 2.67 bits per heavy atom. The first-order chi connectivity index (χ1) is 12.8. The Morgan fingerprint density at radius 2 is 1.93 bits per heavy atom. The molecule has 0 N–H and O–H groups in total. The Kier molecular flexibility index (Phi) is 4.98. The number of ether oxygens (including phenoxy) is 1. The van der Waals surface area contributed by atoms with Crippen LogP contribution in [0, 0.1) is 13.8 Å². The normalized spacial score (nSPS) is 11.1. The first kappa shape index (κ1) is 18.6. The predicted molar refractivity (Wildman–Crippen MR) is 101 cm³/mol. The zero-order valence-corrected chi connectivity index (χ0v) is 15.9. The van der Waals surface area contributed by atoms with Gasteiger partial charge in [0, 0.05) is 20.6 Å². The third-order valence-electron chi connectivity index (χ3n) is 4.57. The Morgan fingerprint density at radius 1 is 1.19 bits per heavy atom. The molecule has 0 aliphatic heterocycles. The third-order valence-corrected chi connectivity index (χ3v) is 4.57. The largest absolute Gasteiger partial charge is 0.462 e. The molecule has 0 bridgehead atoms. The molecule has 0 fully saturated rings. The lowest BCUT2D eigenvalue weighted by Gasteiger charge is -2.10. The molecule has 0 saturated heterocycles. The van der Waals surface area contributed by atoms with Crippen molar-refractivity contribution in [1.29, 1.82) is 0 Å². The zero-order valence-electron chi connectivity index (χ0n) is 15.9. The van der Waals surface area contributed by atoms with Crippen molar-refractivity contribution in [3.63, 3.8) is 0 Å². The van der Waals surface area contributed by atoms with Crippen LogP contribution < -0.4 is 11.2 Å². The molecule has 8 nitrogen and oxygen atoms in total. The van der Waals surface area contributed by atoms with Gasteiger partial charge in [-0.25, -0.2) is 14.6 Å². The number of aromatic nitrogens is 4. The summed E-state index contributed by atoms with van der Waals surface area (Å²) in [5.74, 6) is -0.404. The average molecular weight is 370 g/mol. The molecule has 0 aliphatic rings. The molecule has 0 saturated carbocycles. The van der Waals surface area contributed by atoms with Crippen molar-refractivity contribution in [2.75, 3.05) is 6.61 Å². The van der Waals surface area contributed by atoms with Gasteiger partial charge in [-0.15, -0.1) is 0 Å². The van der Waals surface area contributed by atoms with Crippen LogP contribution in [0.25, 0.3) is 11.2 Å². The highest BCUT2D eigenvalue weighted by Gasteiger charge is 2.15. The number of nitrogens with zero attached hydrogens (tertiary/aromatic N) is 4. The van der Waals surface area contributed by atoms with Gasteiger partial charge in [-0.3, -0.25) is 13.9 Å². The summed E-state index contributed by atoms with van der Waals surface area (Å²) in [6.07, 6.45) is 1.86.